The molecule has 0 bridgehead atoms. The molecule has 21 heavy (non-hydrogen) atoms. The van der Waals surface area contributed by atoms with E-state index in [1.165, 1.54) is 24.0 Å². The number of hydrogen-bond acceptors (Lipinski definition) is 3. The van der Waals surface area contributed by atoms with E-state index in [0.29, 0.717) is 0 Å². The number of anilines is 1. The average molecular weight is 275 g/mol. The van der Waals surface area contributed by atoms with Crippen molar-refractivity contribution < 1.29 is 0 Å². The first-order valence-corrected chi connectivity index (χ1v) is 7.42. The topological polar surface area (TPSA) is 37.8 Å². The van der Waals surface area contributed by atoms with Crippen molar-refractivity contribution in [1.82, 2.24) is 9.97 Å². The predicted molar refractivity (Wildman–Crippen MR) is 85.3 cm³/mol. The zero-order valence-electron chi connectivity index (χ0n) is 11.8. The van der Waals surface area contributed by atoms with Crippen LogP contribution in [0.25, 0.3) is 11.0 Å². The molecule has 0 amide bonds. The van der Waals surface area contributed by atoms with Gasteiger partial charge in [-0.1, -0.05) is 24.3 Å². The van der Waals surface area contributed by atoms with E-state index in [1.807, 2.05) is 12.1 Å². The summed E-state index contributed by atoms with van der Waals surface area (Å²) in [6, 6.07) is 15.0. The Morgan fingerprint density at radius 2 is 1.81 bits per heavy atom. The maximum absolute atomic E-state index is 4.34. The monoisotopic (exact) mass is 275 g/mol. The molecule has 3 heteroatoms. The van der Waals surface area contributed by atoms with E-state index in [1.54, 1.807) is 12.4 Å². The molecule has 1 fully saturated rings. The van der Waals surface area contributed by atoms with Crippen molar-refractivity contribution in [2.24, 2.45) is 0 Å². The van der Waals surface area contributed by atoms with Crippen LogP contribution in [0.4, 0.5) is 5.69 Å². The minimum atomic E-state index is 0.806. The first-order chi connectivity index (χ1) is 10.4. The molecule has 3 nitrogen and oxygen atoms in total. The average Bonchev–Trinajstić information content (AvgIpc) is 3.38. The first kappa shape index (κ1) is 12.3. The van der Waals surface area contributed by atoms with Gasteiger partial charge in [0, 0.05) is 24.6 Å². The van der Waals surface area contributed by atoms with Gasteiger partial charge in [0.1, 0.15) is 0 Å². The van der Waals surface area contributed by atoms with Crippen LogP contribution in [0.5, 0.6) is 0 Å². The van der Waals surface area contributed by atoms with Crippen LogP contribution in [0.2, 0.25) is 0 Å². The van der Waals surface area contributed by atoms with Crippen molar-refractivity contribution in [2.45, 2.75) is 25.3 Å². The lowest BCUT2D eigenvalue weighted by atomic mass is 10.1. The molecule has 0 aliphatic heterocycles. The Bertz CT molecular complexity index is 778. The van der Waals surface area contributed by atoms with Gasteiger partial charge in [0.2, 0.25) is 0 Å². The molecule has 1 aliphatic rings. The number of hydrogen-bond donors (Lipinski definition) is 1. The number of benzene rings is 2. The Morgan fingerprint density at radius 3 is 2.67 bits per heavy atom. The molecule has 0 spiro atoms. The van der Waals surface area contributed by atoms with Crippen LogP contribution in [0.3, 0.4) is 0 Å². The van der Waals surface area contributed by atoms with Crippen molar-refractivity contribution in [3.63, 3.8) is 0 Å². The van der Waals surface area contributed by atoms with E-state index in [-0.39, 0.29) is 0 Å². The summed E-state index contributed by atoms with van der Waals surface area (Å²) in [6.07, 6.45) is 6.14. The largest absolute Gasteiger partial charge is 0.381 e. The lowest BCUT2D eigenvalue weighted by Gasteiger charge is -2.08. The van der Waals surface area contributed by atoms with Gasteiger partial charge in [-0.15, -0.1) is 0 Å². The smallest absolute Gasteiger partial charge is 0.0907 e. The van der Waals surface area contributed by atoms with Crippen molar-refractivity contribution in [3.05, 3.63) is 66.0 Å². The van der Waals surface area contributed by atoms with E-state index < -0.39 is 0 Å². The maximum Gasteiger partial charge on any atom is 0.0907 e. The second kappa shape index (κ2) is 5.17. The van der Waals surface area contributed by atoms with Crippen molar-refractivity contribution in [3.8, 4) is 0 Å². The van der Waals surface area contributed by atoms with E-state index in [9.17, 15) is 0 Å². The molecular weight excluding hydrogens is 258 g/mol. The molecule has 1 aliphatic carbocycles. The summed E-state index contributed by atoms with van der Waals surface area (Å²) in [4.78, 5) is 8.63. The third-order valence-corrected chi connectivity index (χ3v) is 3.97. The summed E-state index contributed by atoms with van der Waals surface area (Å²) in [5.74, 6) is 0.806. The van der Waals surface area contributed by atoms with Gasteiger partial charge in [0.25, 0.3) is 0 Å². The quantitative estimate of drug-likeness (QED) is 0.778. The van der Waals surface area contributed by atoms with Gasteiger partial charge in [-0.05, 0) is 48.1 Å². The zero-order chi connectivity index (χ0) is 14.1. The fourth-order valence-corrected chi connectivity index (χ4v) is 2.65. The maximum atomic E-state index is 4.34. The first-order valence-electron chi connectivity index (χ1n) is 7.42. The molecule has 3 aromatic rings. The summed E-state index contributed by atoms with van der Waals surface area (Å²) in [6.45, 7) is 0.840. The van der Waals surface area contributed by atoms with Gasteiger partial charge in [-0.25, -0.2) is 0 Å². The highest BCUT2D eigenvalue weighted by Gasteiger charge is 2.23. The summed E-state index contributed by atoms with van der Waals surface area (Å²) >= 11 is 0. The number of fused-ring (bicyclic) bond motifs is 1. The summed E-state index contributed by atoms with van der Waals surface area (Å²) in [7, 11) is 0. The zero-order valence-corrected chi connectivity index (χ0v) is 11.8. The molecule has 1 heterocycles. The fourth-order valence-electron chi connectivity index (χ4n) is 2.65. The molecule has 0 atom stereocenters. The molecule has 0 saturated heterocycles. The molecule has 1 aromatic heterocycles. The minimum absolute atomic E-state index is 0.806. The molecule has 104 valence electrons. The molecule has 1 saturated carbocycles. The summed E-state index contributed by atoms with van der Waals surface area (Å²) in [5.41, 5.74) is 5.75. The van der Waals surface area contributed by atoms with E-state index in [2.05, 4.69) is 45.6 Å². The van der Waals surface area contributed by atoms with Crippen LogP contribution in [-0.2, 0) is 6.54 Å². The Balaban J connectivity index is 1.51. The standard InChI is InChI=1S/C18H17N3/c1-2-13(10-15(3-1)14-4-5-14)12-21-16-6-7-17-18(11-16)20-9-8-19-17/h1-3,6-11,14,21H,4-5,12H2. The van der Waals surface area contributed by atoms with Crippen LogP contribution in [-0.4, -0.2) is 9.97 Å². The molecule has 4 rings (SSSR count). The Labute approximate surface area is 124 Å². The van der Waals surface area contributed by atoms with Crippen molar-refractivity contribution >= 4 is 16.7 Å². The van der Waals surface area contributed by atoms with Crippen molar-refractivity contribution in [1.29, 1.82) is 0 Å². The second-order valence-electron chi connectivity index (χ2n) is 5.63. The lowest BCUT2D eigenvalue weighted by molar-refractivity contribution is 1.09. The highest BCUT2D eigenvalue weighted by Crippen LogP contribution is 2.40. The van der Waals surface area contributed by atoms with Crippen molar-refractivity contribution in [2.75, 3.05) is 5.32 Å². The highest BCUT2D eigenvalue weighted by atomic mass is 14.9. The Hall–Kier alpha value is -2.42. The number of nitrogens with one attached hydrogen (secondary N) is 1. The molecular formula is C18H17N3. The van der Waals surface area contributed by atoms with Gasteiger partial charge < -0.3 is 5.32 Å². The molecule has 1 N–H and O–H groups in total. The number of aromatic nitrogens is 2. The van der Waals surface area contributed by atoms with Crippen LogP contribution in [0.1, 0.15) is 29.9 Å². The SMILES string of the molecule is c1cc(CNc2ccc3nccnc3c2)cc(C2CC2)c1. The van der Waals surface area contributed by atoms with E-state index in [0.717, 1.165) is 29.2 Å². The second-order valence-corrected chi connectivity index (χ2v) is 5.63. The van der Waals surface area contributed by atoms with Gasteiger partial charge in [-0.2, -0.15) is 0 Å². The normalized spacial score (nSPS) is 14.3. The lowest BCUT2D eigenvalue weighted by Crippen LogP contribution is -2.00. The number of nitrogens with zero attached hydrogens (tertiary/aromatic N) is 2. The van der Waals surface area contributed by atoms with Gasteiger partial charge in [0.15, 0.2) is 0 Å². The third kappa shape index (κ3) is 2.72. The van der Waals surface area contributed by atoms with Crippen LogP contribution in [0, 0.1) is 0 Å². The minimum Gasteiger partial charge on any atom is -0.381 e. The van der Waals surface area contributed by atoms with E-state index in [4.69, 9.17) is 0 Å². The van der Waals surface area contributed by atoms with Gasteiger partial charge >= 0.3 is 0 Å². The molecule has 0 unspecified atom stereocenters. The molecule has 0 radical (unpaired) electrons. The predicted octanol–water partition coefficient (Wildman–Crippen LogP) is 4.12. The van der Waals surface area contributed by atoms with Crippen LogP contribution in [0.15, 0.2) is 54.9 Å². The third-order valence-electron chi connectivity index (χ3n) is 3.97. The van der Waals surface area contributed by atoms with Crippen LogP contribution >= 0.6 is 0 Å². The van der Waals surface area contributed by atoms with Gasteiger partial charge in [0.05, 0.1) is 11.0 Å². The Morgan fingerprint density at radius 1 is 0.952 bits per heavy atom. The van der Waals surface area contributed by atoms with E-state index >= 15 is 0 Å². The van der Waals surface area contributed by atoms with Crippen LogP contribution < -0.4 is 5.32 Å². The highest BCUT2D eigenvalue weighted by molar-refractivity contribution is 5.78. The Kier molecular flexibility index (Phi) is 3.03. The van der Waals surface area contributed by atoms with Gasteiger partial charge in [-0.3, -0.25) is 9.97 Å². The summed E-state index contributed by atoms with van der Waals surface area (Å²) in [5, 5.41) is 3.47. The fraction of sp³-hybridized carbons (Fsp3) is 0.222. The summed E-state index contributed by atoms with van der Waals surface area (Å²) < 4.78 is 0. The number of rotatable bonds is 4. The molecule has 2 aromatic carbocycles.